The number of hydrogen-bond donors (Lipinski definition) is 6. The lowest BCUT2D eigenvalue weighted by Gasteiger charge is -2.16. The molecule has 0 saturated carbocycles. The number of aliphatic hydroxyl groups is 1. The average Bonchev–Trinajstić information content (AvgIpc) is 1.66. The van der Waals surface area contributed by atoms with Gasteiger partial charge in [-0.3, -0.25) is 4.79 Å². The number of imidazole rings is 4. The Bertz CT molecular complexity index is 4690. The van der Waals surface area contributed by atoms with Gasteiger partial charge in [0.15, 0.2) is 17.4 Å². The predicted octanol–water partition coefficient (Wildman–Crippen LogP) is 13.4. The quantitative estimate of drug-likeness (QED) is 0.0206. The van der Waals surface area contributed by atoms with E-state index in [2.05, 4.69) is 56.1 Å². The van der Waals surface area contributed by atoms with E-state index in [4.69, 9.17) is 15.6 Å². The number of rotatable bonds is 13. The molecule has 14 rings (SSSR count). The van der Waals surface area contributed by atoms with Gasteiger partial charge in [0.05, 0.1) is 80.5 Å². The Morgan fingerprint density at radius 3 is 1.43 bits per heavy atom. The van der Waals surface area contributed by atoms with E-state index in [-0.39, 0.29) is 29.5 Å². The normalized spacial score (nSPS) is 10.6. The SMILES string of the molecule is COC(=O)c1ccc(CN(c2ccc(F)cn2)c2[nH]c3ccccc3[n+]2C)cc1.C[n+]1c(N(Cc2ccc(C(=O)CO)cc2)c2ccc(F)cn2)[nH]c2ccccc21.Cn1c(N)nc2ccccc21.Cn1c(Nc2ccc(F)cc2)nc2ccccc21.Fc1ccc(Br)nc1.N. The first-order valence-electron chi connectivity index (χ1n) is 29.4. The Hall–Kier alpha value is -11.7. The molecule has 20 nitrogen and oxygen atoms in total. The van der Waals surface area contributed by atoms with Crippen LogP contribution in [-0.2, 0) is 46.0 Å². The summed E-state index contributed by atoms with van der Waals surface area (Å²) in [6.45, 7) is 0.406. The van der Waals surface area contributed by atoms with E-state index in [1.807, 2.05) is 178 Å². The third-order valence-corrected chi connectivity index (χ3v) is 15.5. The minimum atomic E-state index is -0.518. The van der Waals surface area contributed by atoms with E-state index in [9.17, 15) is 27.2 Å². The number of esters is 1. The summed E-state index contributed by atoms with van der Waals surface area (Å²) in [5.74, 6) is 2.04. The molecular weight excluding hydrogens is 1300 g/mol. The summed E-state index contributed by atoms with van der Waals surface area (Å²) in [7, 11) is 9.12. The van der Waals surface area contributed by atoms with Gasteiger partial charge in [0.25, 0.3) is 0 Å². The average molecular weight is 1360 g/mol. The fourth-order valence-corrected chi connectivity index (χ4v) is 10.3. The second-order valence-corrected chi connectivity index (χ2v) is 22.1. The summed E-state index contributed by atoms with van der Waals surface area (Å²) in [5.41, 5.74) is 17.3. The van der Waals surface area contributed by atoms with Crippen LogP contribution >= 0.6 is 15.9 Å². The number of nitrogen functional groups attached to an aromatic ring is 1. The van der Waals surface area contributed by atoms with Crippen LogP contribution in [0.3, 0.4) is 0 Å². The number of hydrogen-bond acceptors (Lipinski definition) is 14. The molecule has 9 N–H and O–H groups in total. The number of aliphatic hydroxyl groups excluding tert-OH is 1. The number of H-pyrrole nitrogens is 2. The van der Waals surface area contributed by atoms with Crippen molar-refractivity contribution in [3.05, 3.63) is 275 Å². The highest BCUT2D eigenvalue weighted by atomic mass is 79.9. The Kier molecular flexibility index (Phi) is 22.7. The largest absolute Gasteiger partial charge is 0.465 e. The van der Waals surface area contributed by atoms with Gasteiger partial charge in [-0.25, -0.2) is 76.2 Å². The van der Waals surface area contributed by atoms with Gasteiger partial charge >= 0.3 is 17.9 Å². The van der Waals surface area contributed by atoms with Crippen LogP contribution in [0.4, 0.5) is 58.7 Å². The number of aromatic nitrogens is 11. The zero-order chi connectivity index (χ0) is 67.1. The fourth-order valence-electron chi connectivity index (χ4n) is 10.0. The van der Waals surface area contributed by atoms with Crippen molar-refractivity contribution in [1.29, 1.82) is 0 Å². The summed E-state index contributed by atoms with van der Waals surface area (Å²) in [4.78, 5) is 54.8. The third kappa shape index (κ3) is 16.7. The molecule has 488 valence electrons. The van der Waals surface area contributed by atoms with Gasteiger partial charge in [0, 0.05) is 25.3 Å². The van der Waals surface area contributed by atoms with E-state index in [0.29, 0.717) is 46.4 Å². The second-order valence-electron chi connectivity index (χ2n) is 21.3. The van der Waals surface area contributed by atoms with Crippen LogP contribution in [-0.4, -0.2) is 74.6 Å². The Labute approximate surface area is 557 Å². The molecule has 0 aliphatic carbocycles. The summed E-state index contributed by atoms with van der Waals surface area (Å²) in [6, 6.07) is 61.1. The Morgan fingerprint density at radius 2 is 1.00 bits per heavy atom. The molecule has 0 fully saturated rings. The van der Waals surface area contributed by atoms with Gasteiger partial charge in [0.1, 0.15) is 56.5 Å². The lowest BCUT2D eigenvalue weighted by molar-refractivity contribution is -0.631. The monoisotopic (exact) mass is 1360 g/mol. The number of benzene rings is 7. The Balaban J connectivity index is 0.000000150. The number of carbonyl (C=O) groups excluding carboxylic acids is 2. The van der Waals surface area contributed by atoms with Crippen molar-refractivity contribution in [3.8, 4) is 0 Å². The van der Waals surface area contributed by atoms with Crippen molar-refractivity contribution in [2.24, 2.45) is 28.2 Å². The van der Waals surface area contributed by atoms with E-state index in [1.54, 1.807) is 54.6 Å². The lowest BCUT2D eigenvalue weighted by atomic mass is 10.1. The number of halogens is 5. The maximum absolute atomic E-state index is 13.4. The number of nitrogens with zero attached hydrogens (tertiary/aromatic N) is 11. The number of nitrogens with two attached hydrogens (primary N) is 1. The second kappa shape index (κ2) is 31.8. The van der Waals surface area contributed by atoms with Crippen molar-refractivity contribution in [3.63, 3.8) is 0 Å². The highest BCUT2D eigenvalue weighted by Crippen LogP contribution is 2.28. The lowest BCUT2D eigenvalue weighted by Crippen LogP contribution is -2.36. The van der Waals surface area contributed by atoms with Crippen LogP contribution in [0.1, 0.15) is 31.8 Å². The molecule has 0 saturated heterocycles. The minimum Gasteiger partial charge on any atom is -0.465 e. The molecule has 25 heteroatoms. The fraction of sp³-hybridized carbons (Fsp3) is 0.113. The zero-order valence-corrected chi connectivity index (χ0v) is 54.3. The van der Waals surface area contributed by atoms with E-state index in [0.717, 1.165) is 85.0 Å². The van der Waals surface area contributed by atoms with Crippen molar-refractivity contribution in [1.82, 2.24) is 50.2 Å². The third-order valence-electron chi connectivity index (χ3n) is 15.0. The van der Waals surface area contributed by atoms with Crippen molar-refractivity contribution >= 4 is 113 Å². The van der Waals surface area contributed by atoms with Gasteiger partial charge < -0.3 is 36.2 Å². The highest BCUT2D eigenvalue weighted by Gasteiger charge is 2.28. The van der Waals surface area contributed by atoms with Gasteiger partial charge in [-0.2, -0.15) is 0 Å². The number of anilines is 7. The molecule has 96 heavy (non-hydrogen) atoms. The Morgan fingerprint density at radius 1 is 0.562 bits per heavy atom. The molecule has 0 amide bonds. The minimum absolute atomic E-state index is 0. The molecular formula is C71H67BrF4N16O4+2. The first kappa shape index (κ1) is 68.7. The molecule has 14 aromatic rings. The number of aryl methyl sites for hydroxylation is 4. The van der Waals surface area contributed by atoms with Gasteiger partial charge in [-0.15, -0.1) is 0 Å². The van der Waals surface area contributed by atoms with Crippen molar-refractivity contribution in [2.75, 3.05) is 34.6 Å². The van der Waals surface area contributed by atoms with Crippen molar-refractivity contribution < 1.29 is 46.1 Å². The number of carbonyl (C=O) groups is 2. The van der Waals surface area contributed by atoms with Crippen LogP contribution in [0.2, 0.25) is 0 Å². The number of ketones is 1. The highest BCUT2D eigenvalue weighted by molar-refractivity contribution is 9.10. The number of nitrogens with one attached hydrogen (secondary N) is 3. The molecule has 0 atom stereocenters. The molecule has 0 unspecified atom stereocenters. The standard InChI is InChI=1S/2C22H19FN4O2.C14H12FN3.C8H9N3.C5H3BrFN.H3N/c1-26-19-6-4-3-5-18(19)25-22(26)27(20-12-11-17(23)13-24-20)14-15-7-9-16(10-8-15)21(28)29-2;1-26-19-5-3-2-4-18(19)25-22(26)27(21-11-10-17(23)12-24-21)13-15-6-8-16(9-7-15)20(29)14-28;1-18-13-5-3-2-4-12(13)17-14(18)16-11-8-6-10(15)7-9-11;1-11-7-5-3-2-4-6(7)10-8(11)9;6-5-2-1-4(7)3-8-5;/h3-13H,14H2,1-2H3;2-12,28H,13-14H2,1H3;2-9H,1H3,(H,16,17);2-5H,1H3,(H2,9,10);1-3H;1H3/p+2. The topological polar surface area (TPSA) is 257 Å². The van der Waals surface area contributed by atoms with Crippen LogP contribution in [0.15, 0.2) is 229 Å². The zero-order valence-electron chi connectivity index (χ0n) is 52.7. The number of pyridine rings is 3. The van der Waals surface area contributed by atoms with Crippen LogP contribution < -0.4 is 36.1 Å². The summed E-state index contributed by atoms with van der Waals surface area (Å²) in [6.07, 6.45) is 3.55. The van der Waals surface area contributed by atoms with Crippen LogP contribution in [0, 0.1) is 23.3 Å². The summed E-state index contributed by atoms with van der Waals surface area (Å²) in [5, 5.41) is 12.2. The van der Waals surface area contributed by atoms with Gasteiger partial charge in [-0.1, -0.05) is 84.9 Å². The number of para-hydroxylation sites is 8. The molecule has 0 aliphatic rings. The first-order chi connectivity index (χ1) is 45.9. The first-order valence-corrected chi connectivity index (χ1v) is 30.2. The maximum Gasteiger partial charge on any atom is 0.364 e. The molecule has 7 aromatic carbocycles. The molecule has 0 bridgehead atoms. The van der Waals surface area contributed by atoms with E-state index < -0.39 is 18.2 Å². The number of fused-ring (bicyclic) bond motifs is 4. The van der Waals surface area contributed by atoms with Gasteiger partial charge in [0.2, 0.25) is 11.9 Å². The number of Topliss-reactive ketones (excluding diaryl/α,β-unsaturated/α-hetero) is 1. The van der Waals surface area contributed by atoms with E-state index >= 15 is 0 Å². The molecule has 7 heterocycles. The number of ether oxygens (including phenoxy) is 1. The van der Waals surface area contributed by atoms with Crippen molar-refractivity contribution in [2.45, 2.75) is 13.1 Å². The predicted molar refractivity (Wildman–Crippen MR) is 367 cm³/mol. The summed E-state index contributed by atoms with van der Waals surface area (Å²) >= 11 is 3.07. The maximum atomic E-state index is 13.4. The summed E-state index contributed by atoms with van der Waals surface area (Å²) < 4.78 is 65.0. The molecule has 0 aliphatic heterocycles. The molecule has 0 spiro atoms. The van der Waals surface area contributed by atoms with Crippen LogP contribution in [0.5, 0.6) is 0 Å². The molecule has 7 aromatic heterocycles. The van der Waals surface area contributed by atoms with Gasteiger partial charge in [-0.05, 0) is 148 Å². The smallest absolute Gasteiger partial charge is 0.364 e. The molecule has 0 radical (unpaired) electrons. The van der Waals surface area contributed by atoms with Crippen LogP contribution in [0.25, 0.3) is 44.1 Å². The number of methoxy groups -OCH3 is 1. The van der Waals surface area contributed by atoms with E-state index in [1.165, 1.54) is 49.8 Å². The number of aromatic amines is 2.